The number of rotatable bonds is 10. The van der Waals surface area contributed by atoms with Crippen LogP contribution >= 0.6 is 0 Å². The van der Waals surface area contributed by atoms with Gasteiger partial charge in [-0.15, -0.1) is 0 Å². The number of sulfonamides is 1. The van der Waals surface area contributed by atoms with Gasteiger partial charge in [0.25, 0.3) is 0 Å². The summed E-state index contributed by atoms with van der Waals surface area (Å²) >= 11 is 0. The van der Waals surface area contributed by atoms with Crippen LogP contribution in [0.2, 0.25) is 0 Å². The predicted octanol–water partition coefficient (Wildman–Crippen LogP) is 2.48. The highest BCUT2D eigenvalue weighted by atomic mass is 32.2. The van der Waals surface area contributed by atoms with Crippen LogP contribution in [0, 0.1) is 6.92 Å². The standard InChI is InChI=1S/C25H33N3O6S/c1-5-21(25(30)26-6-2)27(16-19-10-8-7-9-18(19)3)24(29)17-28(35(4,31)32)20-11-12-22-23(15-20)34-14-13-33-22/h7-12,15,21H,5-6,13-14,16-17H2,1-4H3,(H,26,30)/t21-/m1/s1. The third-order valence-corrected chi connectivity index (χ3v) is 6.97. The highest BCUT2D eigenvalue weighted by molar-refractivity contribution is 7.92. The van der Waals surface area contributed by atoms with Crippen LogP contribution in [-0.4, -0.2) is 63.7 Å². The van der Waals surface area contributed by atoms with Gasteiger partial charge >= 0.3 is 0 Å². The minimum Gasteiger partial charge on any atom is -0.486 e. The fourth-order valence-corrected chi connectivity index (χ4v) is 4.82. The number of anilines is 1. The molecule has 1 aliphatic rings. The molecule has 2 aromatic rings. The van der Waals surface area contributed by atoms with Gasteiger partial charge in [0.15, 0.2) is 11.5 Å². The molecule has 2 aromatic carbocycles. The van der Waals surface area contributed by atoms with Crippen LogP contribution in [0.3, 0.4) is 0 Å². The topological polar surface area (TPSA) is 105 Å². The molecule has 0 aromatic heterocycles. The number of amides is 2. The molecule has 9 nitrogen and oxygen atoms in total. The quantitative estimate of drug-likeness (QED) is 0.534. The van der Waals surface area contributed by atoms with Crippen LogP contribution < -0.4 is 19.1 Å². The van der Waals surface area contributed by atoms with Crippen molar-refractivity contribution >= 4 is 27.5 Å². The molecule has 1 heterocycles. The van der Waals surface area contributed by atoms with Gasteiger partial charge in [-0.2, -0.15) is 0 Å². The number of carbonyl (C=O) groups excluding carboxylic acids is 2. The van der Waals surface area contributed by atoms with Crippen LogP contribution in [0.5, 0.6) is 11.5 Å². The van der Waals surface area contributed by atoms with E-state index in [9.17, 15) is 18.0 Å². The number of fused-ring (bicyclic) bond motifs is 1. The van der Waals surface area contributed by atoms with Crippen molar-refractivity contribution in [2.75, 3.05) is 36.9 Å². The number of nitrogens with zero attached hydrogens (tertiary/aromatic N) is 2. The van der Waals surface area contributed by atoms with Gasteiger partial charge < -0.3 is 19.7 Å². The lowest BCUT2D eigenvalue weighted by atomic mass is 10.1. The zero-order valence-electron chi connectivity index (χ0n) is 20.6. The van der Waals surface area contributed by atoms with E-state index in [2.05, 4.69) is 5.32 Å². The number of likely N-dealkylation sites (N-methyl/N-ethyl adjacent to an activating group) is 1. The predicted molar refractivity (Wildman–Crippen MR) is 134 cm³/mol. The van der Waals surface area contributed by atoms with Crippen molar-refractivity contribution in [1.29, 1.82) is 0 Å². The van der Waals surface area contributed by atoms with Crippen LogP contribution in [0.1, 0.15) is 31.4 Å². The second-order valence-corrected chi connectivity index (χ2v) is 10.3. The van der Waals surface area contributed by atoms with E-state index >= 15 is 0 Å². The lowest BCUT2D eigenvalue weighted by molar-refractivity contribution is -0.140. The van der Waals surface area contributed by atoms with Gasteiger partial charge in [-0.25, -0.2) is 8.42 Å². The summed E-state index contributed by atoms with van der Waals surface area (Å²) in [6, 6.07) is 11.6. The Balaban J connectivity index is 1.96. The van der Waals surface area contributed by atoms with Crippen molar-refractivity contribution in [2.24, 2.45) is 0 Å². The molecule has 0 unspecified atom stereocenters. The number of hydrogen-bond donors (Lipinski definition) is 1. The van der Waals surface area contributed by atoms with Gasteiger partial charge in [0.1, 0.15) is 25.8 Å². The maximum absolute atomic E-state index is 13.7. The largest absolute Gasteiger partial charge is 0.486 e. The minimum atomic E-state index is -3.83. The Morgan fingerprint density at radius 3 is 2.37 bits per heavy atom. The molecule has 0 spiro atoms. The Kier molecular flexibility index (Phi) is 8.61. The minimum absolute atomic E-state index is 0.180. The van der Waals surface area contributed by atoms with Gasteiger partial charge in [0.2, 0.25) is 21.8 Å². The first-order valence-corrected chi connectivity index (χ1v) is 13.5. The molecule has 190 valence electrons. The monoisotopic (exact) mass is 503 g/mol. The van der Waals surface area contributed by atoms with Gasteiger partial charge in [-0.1, -0.05) is 31.2 Å². The smallest absolute Gasteiger partial charge is 0.244 e. The summed E-state index contributed by atoms with van der Waals surface area (Å²) in [6.45, 7) is 6.48. The molecule has 2 amide bonds. The molecule has 3 rings (SSSR count). The van der Waals surface area contributed by atoms with E-state index < -0.39 is 28.5 Å². The van der Waals surface area contributed by atoms with Crippen molar-refractivity contribution in [3.05, 3.63) is 53.6 Å². The number of ether oxygens (including phenoxy) is 2. The summed E-state index contributed by atoms with van der Waals surface area (Å²) in [4.78, 5) is 28.0. The summed E-state index contributed by atoms with van der Waals surface area (Å²) in [6.07, 6.45) is 1.43. The first kappa shape index (κ1) is 26.3. The van der Waals surface area contributed by atoms with E-state index in [1.54, 1.807) is 18.2 Å². The SMILES string of the molecule is CCNC(=O)[C@@H](CC)N(Cc1ccccc1C)C(=O)CN(c1ccc2c(c1)OCCO2)S(C)(=O)=O. The van der Waals surface area contributed by atoms with Crippen LogP contribution in [0.25, 0.3) is 0 Å². The molecule has 0 fully saturated rings. The van der Waals surface area contributed by atoms with E-state index in [4.69, 9.17) is 9.47 Å². The van der Waals surface area contributed by atoms with E-state index in [1.165, 1.54) is 4.90 Å². The Morgan fingerprint density at radius 2 is 1.74 bits per heavy atom. The van der Waals surface area contributed by atoms with E-state index in [1.807, 2.05) is 45.0 Å². The van der Waals surface area contributed by atoms with Crippen LogP contribution in [-0.2, 0) is 26.2 Å². The van der Waals surface area contributed by atoms with Gasteiger partial charge in [0, 0.05) is 19.2 Å². The molecular weight excluding hydrogens is 470 g/mol. The van der Waals surface area contributed by atoms with Gasteiger partial charge in [0.05, 0.1) is 11.9 Å². The lowest BCUT2D eigenvalue weighted by Gasteiger charge is -2.33. The molecule has 35 heavy (non-hydrogen) atoms. The second-order valence-electron chi connectivity index (χ2n) is 8.36. The molecule has 0 aliphatic carbocycles. The van der Waals surface area contributed by atoms with E-state index in [0.717, 1.165) is 21.7 Å². The summed E-state index contributed by atoms with van der Waals surface area (Å²) in [5, 5.41) is 2.79. The molecule has 0 radical (unpaired) electrons. The van der Waals surface area contributed by atoms with Crippen molar-refractivity contribution in [3.63, 3.8) is 0 Å². The Bertz CT molecular complexity index is 1170. The van der Waals surface area contributed by atoms with E-state index in [0.29, 0.717) is 37.7 Å². The first-order chi connectivity index (χ1) is 16.7. The Hall–Kier alpha value is -3.27. The third kappa shape index (κ3) is 6.45. The van der Waals surface area contributed by atoms with Crippen LogP contribution in [0.15, 0.2) is 42.5 Å². The van der Waals surface area contributed by atoms with Crippen molar-refractivity contribution in [3.8, 4) is 11.5 Å². The highest BCUT2D eigenvalue weighted by Gasteiger charge is 2.32. The van der Waals surface area contributed by atoms with Gasteiger partial charge in [-0.05, 0) is 43.5 Å². The number of nitrogens with one attached hydrogen (secondary N) is 1. The maximum atomic E-state index is 13.7. The molecule has 0 saturated carbocycles. The van der Waals surface area contributed by atoms with Crippen LogP contribution in [0.4, 0.5) is 5.69 Å². The lowest BCUT2D eigenvalue weighted by Crippen LogP contribution is -2.52. The number of benzene rings is 2. The first-order valence-electron chi connectivity index (χ1n) is 11.6. The molecular formula is C25H33N3O6S. The van der Waals surface area contributed by atoms with Crippen molar-refractivity contribution in [1.82, 2.24) is 10.2 Å². The summed E-state index contributed by atoms with van der Waals surface area (Å²) in [7, 11) is -3.83. The molecule has 0 bridgehead atoms. The molecule has 10 heteroatoms. The molecule has 1 aliphatic heterocycles. The fourth-order valence-electron chi connectivity index (χ4n) is 3.98. The Morgan fingerprint density at radius 1 is 1.06 bits per heavy atom. The summed E-state index contributed by atoms with van der Waals surface area (Å²) < 4.78 is 37.6. The average molecular weight is 504 g/mol. The van der Waals surface area contributed by atoms with E-state index in [-0.39, 0.29) is 18.1 Å². The zero-order chi connectivity index (χ0) is 25.6. The highest BCUT2D eigenvalue weighted by Crippen LogP contribution is 2.34. The normalized spacial score (nSPS) is 13.6. The zero-order valence-corrected chi connectivity index (χ0v) is 21.4. The average Bonchev–Trinajstić information content (AvgIpc) is 2.82. The van der Waals surface area contributed by atoms with Crippen molar-refractivity contribution < 1.29 is 27.5 Å². The summed E-state index contributed by atoms with van der Waals surface area (Å²) in [5.41, 5.74) is 2.14. The number of aryl methyl sites for hydroxylation is 1. The number of carbonyl (C=O) groups is 2. The maximum Gasteiger partial charge on any atom is 0.244 e. The second kappa shape index (κ2) is 11.4. The number of hydrogen-bond acceptors (Lipinski definition) is 6. The molecule has 1 N–H and O–H groups in total. The van der Waals surface area contributed by atoms with Gasteiger partial charge in [-0.3, -0.25) is 13.9 Å². The molecule has 0 saturated heterocycles. The summed E-state index contributed by atoms with van der Waals surface area (Å²) in [5.74, 6) is 0.178. The third-order valence-electron chi connectivity index (χ3n) is 5.83. The molecule has 1 atom stereocenters. The Labute approximate surface area is 207 Å². The fraction of sp³-hybridized carbons (Fsp3) is 0.440. The van der Waals surface area contributed by atoms with Crippen molar-refractivity contribution in [2.45, 2.75) is 39.8 Å².